The first-order valence-corrected chi connectivity index (χ1v) is 10.4. The van der Waals surface area contributed by atoms with Gasteiger partial charge in [0.25, 0.3) is 0 Å². The number of nitrogens with zero attached hydrogens (tertiary/aromatic N) is 1. The Bertz CT molecular complexity index is 1250. The molecule has 2 aliphatic carbocycles. The Morgan fingerprint density at radius 3 is 2.47 bits per heavy atom. The number of allylic oxidation sites excluding steroid dienone is 1. The molecule has 1 amide bonds. The summed E-state index contributed by atoms with van der Waals surface area (Å²) in [6.07, 6.45) is 1.83. The van der Waals surface area contributed by atoms with Crippen molar-refractivity contribution in [2.75, 3.05) is 11.4 Å². The fraction of sp³-hybridized carbons (Fsp3) is 0.240. The fourth-order valence-electron chi connectivity index (χ4n) is 5.70. The van der Waals surface area contributed by atoms with Gasteiger partial charge in [0.2, 0.25) is 5.91 Å². The highest BCUT2D eigenvalue weighted by molar-refractivity contribution is 6.32. The molecule has 0 bridgehead atoms. The predicted octanol–water partition coefficient (Wildman–Crippen LogP) is 3.51. The highest BCUT2D eigenvalue weighted by Crippen LogP contribution is 2.58. The van der Waals surface area contributed by atoms with Crippen LogP contribution in [-0.2, 0) is 15.0 Å². The molecule has 2 heterocycles. The Labute approximate surface area is 174 Å². The number of hydrogen-bond acceptors (Lipinski definition) is 4. The summed E-state index contributed by atoms with van der Waals surface area (Å²) in [6.45, 7) is 2.40. The first-order valence-electron chi connectivity index (χ1n) is 10.4. The van der Waals surface area contributed by atoms with Gasteiger partial charge < -0.3 is 10.2 Å². The fourth-order valence-corrected chi connectivity index (χ4v) is 5.70. The molecule has 0 saturated carbocycles. The van der Waals surface area contributed by atoms with E-state index in [1.165, 1.54) is 0 Å². The number of fused-ring (bicyclic) bond motifs is 6. The maximum absolute atomic E-state index is 14.1. The van der Waals surface area contributed by atoms with Crippen molar-refractivity contribution >= 4 is 28.9 Å². The lowest BCUT2D eigenvalue weighted by Gasteiger charge is -2.39. The third kappa shape index (κ3) is 1.81. The number of carbonyl (C=O) groups excluding carboxylic acids is 3. The molecule has 5 nitrogen and oxygen atoms in total. The van der Waals surface area contributed by atoms with Crippen LogP contribution in [-0.4, -0.2) is 24.0 Å². The van der Waals surface area contributed by atoms with Crippen LogP contribution in [0.5, 0.6) is 0 Å². The average molecular weight is 396 g/mol. The van der Waals surface area contributed by atoms with Gasteiger partial charge in [-0.1, -0.05) is 42.5 Å². The number of Topliss-reactive ketones (excluding diaryl/α,β-unsaturated/α-hetero) is 2. The van der Waals surface area contributed by atoms with E-state index >= 15 is 0 Å². The maximum atomic E-state index is 14.1. The van der Waals surface area contributed by atoms with Gasteiger partial charge in [-0.15, -0.1) is 0 Å². The van der Waals surface area contributed by atoms with E-state index in [9.17, 15) is 14.4 Å². The van der Waals surface area contributed by atoms with Crippen LogP contribution in [0.15, 0.2) is 65.4 Å². The zero-order valence-electron chi connectivity index (χ0n) is 16.6. The zero-order chi connectivity index (χ0) is 20.6. The Morgan fingerprint density at radius 1 is 0.933 bits per heavy atom. The van der Waals surface area contributed by atoms with Crippen molar-refractivity contribution in [3.05, 3.63) is 82.1 Å². The minimum absolute atomic E-state index is 0.0415. The molecule has 0 fully saturated rings. The van der Waals surface area contributed by atoms with Gasteiger partial charge in [-0.2, -0.15) is 0 Å². The number of carbonyl (C=O) groups is 3. The van der Waals surface area contributed by atoms with Gasteiger partial charge in [0.15, 0.2) is 11.6 Å². The second-order valence-corrected chi connectivity index (χ2v) is 8.20. The number of ketones is 2. The summed E-state index contributed by atoms with van der Waals surface area (Å²) in [4.78, 5) is 42.9. The van der Waals surface area contributed by atoms with E-state index in [2.05, 4.69) is 5.32 Å². The molecule has 4 aliphatic rings. The molecule has 30 heavy (non-hydrogen) atoms. The van der Waals surface area contributed by atoms with E-state index < -0.39 is 5.41 Å². The predicted molar refractivity (Wildman–Crippen MR) is 113 cm³/mol. The smallest absolute Gasteiger partial charge is 0.247 e. The molecular weight excluding hydrogens is 376 g/mol. The van der Waals surface area contributed by atoms with Gasteiger partial charge in [0.1, 0.15) is 5.41 Å². The van der Waals surface area contributed by atoms with E-state index in [-0.39, 0.29) is 17.5 Å². The van der Waals surface area contributed by atoms with E-state index in [4.69, 9.17) is 0 Å². The van der Waals surface area contributed by atoms with Gasteiger partial charge in [0, 0.05) is 52.2 Å². The van der Waals surface area contributed by atoms with Crippen molar-refractivity contribution in [3.63, 3.8) is 0 Å². The van der Waals surface area contributed by atoms with Crippen molar-refractivity contribution in [2.45, 2.75) is 31.6 Å². The summed E-state index contributed by atoms with van der Waals surface area (Å²) in [5.74, 6) is -0.400. The summed E-state index contributed by atoms with van der Waals surface area (Å²) >= 11 is 0. The van der Waals surface area contributed by atoms with Crippen LogP contribution in [0, 0.1) is 0 Å². The number of amides is 1. The number of anilines is 1. The summed E-state index contributed by atoms with van der Waals surface area (Å²) in [5, 5.41) is 3.42. The third-order valence-electron chi connectivity index (χ3n) is 6.84. The molecule has 0 saturated heterocycles. The van der Waals surface area contributed by atoms with Crippen LogP contribution in [0.4, 0.5) is 5.69 Å². The SMILES string of the molecule is CCN1C(=O)C2(C3=C(CCCC3=O)NC3=C2C(=O)c2ccccc23)c2ccccc21. The van der Waals surface area contributed by atoms with E-state index in [0.717, 1.165) is 28.9 Å². The van der Waals surface area contributed by atoms with Crippen molar-refractivity contribution < 1.29 is 14.4 Å². The minimum Gasteiger partial charge on any atom is -0.358 e. The molecule has 2 aromatic carbocycles. The number of benzene rings is 2. The number of para-hydroxylation sites is 1. The molecule has 5 heteroatoms. The molecular formula is C25H20N2O3. The minimum atomic E-state index is -1.36. The molecule has 2 aromatic rings. The van der Waals surface area contributed by atoms with Crippen molar-refractivity contribution in [2.24, 2.45) is 0 Å². The van der Waals surface area contributed by atoms with E-state index in [1.54, 1.807) is 11.0 Å². The van der Waals surface area contributed by atoms with Gasteiger partial charge in [0.05, 0.1) is 5.70 Å². The molecule has 2 aliphatic heterocycles. The maximum Gasteiger partial charge on any atom is 0.247 e. The Hall–Kier alpha value is -3.47. The van der Waals surface area contributed by atoms with Crippen LogP contribution >= 0.6 is 0 Å². The van der Waals surface area contributed by atoms with Crippen LogP contribution in [0.2, 0.25) is 0 Å². The topological polar surface area (TPSA) is 66.5 Å². The van der Waals surface area contributed by atoms with Crippen molar-refractivity contribution in [1.82, 2.24) is 5.32 Å². The molecule has 0 aromatic heterocycles. The molecule has 1 atom stereocenters. The molecule has 1 N–H and O–H groups in total. The Morgan fingerprint density at radius 2 is 1.67 bits per heavy atom. The second-order valence-electron chi connectivity index (χ2n) is 8.20. The Balaban J connectivity index is 1.76. The van der Waals surface area contributed by atoms with Gasteiger partial charge >= 0.3 is 0 Å². The largest absolute Gasteiger partial charge is 0.358 e. The van der Waals surface area contributed by atoms with Crippen molar-refractivity contribution in [1.29, 1.82) is 0 Å². The summed E-state index contributed by atoms with van der Waals surface area (Å²) < 4.78 is 0. The number of rotatable bonds is 1. The standard InChI is InChI=1S/C25H20N2O3/c1-2-27-18-12-6-5-10-16(18)25(24(27)30)20-17(11-7-13-19(20)28)26-22-14-8-3-4-9-15(14)23(29)21(22)25/h3-6,8-10,12,26H,2,7,11,13H2,1H3. The Kier molecular flexibility index (Phi) is 3.35. The van der Waals surface area contributed by atoms with E-state index in [0.29, 0.717) is 41.8 Å². The highest BCUT2D eigenvalue weighted by Gasteiger charge is 2.63. The van der Waals surface area contributed by atoms with Gasteiger partial charge in [-0.3, -0.25) is 14.4 Å². The van der Waals surface area contributed by atoms with Crippen LogP contribution < -0.4 is 10.2 Å². The molecule has 0 radical (unpaired) electrons. The lowest BCUT2D eigenvalue weighted by atomic mass is 9.63. The lowest BCUT2D eigenvalue weighted by molar-refractivity contribution is -0.124. The average Bonchev–Trinajstić information content (AvgIpc) is 3.18. The second kappa shape index (κ2) is 5.79. The monoisotopic (exact) mass is 396 g/mol. The first-order chi connectivity index (χ1) is 14.6. The quantitative estimate of drug-likeness (QED) is 0.801. The lowest BCUT2D eigenvalue weighted by Crippen LogP contribution is -2.51. The first kappa shape index (κ1) is 17.4. The van der Waals surface area contributed by atoms with Crippen LogP contribution in [0.1, 0.15) is 47.7 Å². The number of likely N-dealkylation sites (N-methyl/N-ethyl adjacent to an activating group) is 1. The normalized spacial score (nSPS) is 24.2. The van der Waals surface area contributed by atoms with Crippen LogP contribution in [0.3, 0.4) is 0 Å². The molecule has 1 spiro atoms. The van der Waals surface area contributed by atoms with Crippen molar-refractivity contribution in [3.8, 4) is 0 Å². The molecule has 6 rings (SSSR count). The van der Waals surface area contributed by atoms with E-state index in [1.807, 2.05) is 49.4 Å². The molecule has 1 unspecified atom stereocenters. The van der Waals surface area contributed by atoms with Crippen LogP contribution in [0.25, 0.3) is 5.70 Å². The highest BCUT2D eigenvalue weighted by atomic mass is 16.2. The summed E-state index contributed by atoms with van der Waals surface area (Å²) in [6, 6.07) is 15.0. The zero-order valence-corrected chi connectivity index (χ0v) is 16.6. The summed E-state index contributed by atoms with van der Waals surface area (Å²) in [7, 11) is 0. The number of dihydropyridines is 1. The number of nitrogens with one attached hydrogen (secondary N) is 1. The third-order valence-corrected chi connectivity index (χ3v) is 6.84. The number of hydrogen-bond donors (Lipinski definition) is 1. The van der Waals surface area contributed by atoms with Gasteiger partial charge in [-0.25, -0.2) is 0 Å². The van der Waals surface area contributed by atoms with Gasteiger partial charge in [-0.05, 0) is 25.8 Å². The summed E-state index contributed by atoms with van der Waals surface area (Å²) in [5.41, 5.74) is 3.91. The molecule has 148 valence electrons.